The van der Waals surface area contributed by atoms with E-state index in [1.807, 2.05) is 18.8 Å². The Balaban J connectivity index is 3.71. The first-order valence-corrected chi connectivity index (χ1v) is 6.38. The van der Waals surface area contributed by atoms with Gasteiger partial charge in [-0.3, -0.25) is 0 Å². The average molecular weight is 204 g/mol. The first kappa shape index (κ1) is 13.3. The molecule has 0 saturated carbocycles. The van der Waals surface area contributed by atoms with E-state index in [0.29, 0.717) is 12.1 Å². The molecule has 0 aromatic carbocycles. The van der Waals surface area contributed by atoms with E-state index in [4.69, 9.17) is 0 Å². The van der Waals surface area contributed by atoms with Crippen LogP contribution in [0, 0.1) is 0 Å². The third kappa shape index (κ3) is 5.55. The third-order valence-corrected chi connectivity index (χ3v) is 3.43. The minimum Gasteiger partial charge on any atom is -0.320 e. The monoisotopic (exact) mass is 204 g/mol. The minimum atomic E-state index is 0.676. The summed E-state index contributed by atoms with van der Waals surface area (Å²) in [6.07, 6.45) is 3.40. The van der Waals surface area contributed by atoms with Gasteiger partial charge in [-0.2, -0.15) is 11.8 Å². The van der Waals surface area contributed by atoms with Crippen molar-refractivity contribution in [1.29, 1.82) is 0 Å². The maximum absolute atomic E-state index is 3.19. The van der Waals surface area contributed by atoms with Crippen LogP contribution >= 0.6 is 11.8 Å². The second-order valence-electron chi connectivity index (χ2n) is 3.71. The molecule has 0 spiro atoms. The molecular weight excluding hydrogens is 180 g/mol. The highest BCUT2D eigenvalue weighted by Gasteiger charge is 2.14. The predicted molar refractivity (Wildman–Crippen MR) is 63.6 cm³/mol. The molecule has 2 nitrogen and oxygen atoms in total. The molecule has 0 aliphatic carbocycles. The summed E-state index contributed by atoms with van der Waals surface area (Å²) in [4.78, 5) is 2.47. The van der Waals surface area contributed by atoms with Crippen LogP contribution in [-0.4, -0.2) is 49.6 Å². The van der Waals surface area contributed by atoms with Gasteiger partial charge in [0.2, 0.25) is 0 Å². The highest BCUT2D eigenvalue weighted by Crippen LogP contribution is 2.09. The van der Waals surface area contributed by atoms with Crippen LogP contribution in [0.15, 0.2) is 0 Å². The van der Waals surface area contributed by atoms with Crippen molar-refractivity contribution in [2.45, 2.75) is 32.4 Å². The van der Waals surface area contributed by atoms with E-state index in [1.165, 1.54) is 12.2 Å². The summed E-state index contributed by atoms with van der Waals surface area (Å²) in [5, 5.41) is 3.19. The molecule has 0 aliphatic heterocycles. The Morgan fingerprint density at radius 2 is 1.92 bits per heavy atom. The lowest BCUT2D eigenvalue weighted by atomic mass is 10.2. The van der Waals surface area contributed by atoms with Crippen LogP contribution in [0.4, 0.5) is 0 Å². The van der Waals surface area contributed by atoms with Crippen LogP contribution in [0.2, 0.25) is 0 Å². The zero-order valence-electron chi connectivity index (χ0n) is 9.63. The topological polar surface area (TPSA) is 15.3 Å². The highest BCUT2D eigenvalue weighted by atomic mass is 32.2. The molecular formula is C10H24N2S. The third-order valence-electron chi connectivity index (χ3n) is 2.61. The van der Waals surface area contributed by atoms with Gasteiger partial charge in [-0.15, -0.1) is 0 Å². The standard InChI is InChI=1S/C10H24N2S/c1-9(6-7-11-3)12(4)10(2)8-13-5/h9-11H,6-8H2,1-5H3. The molecule has 0 amide bonds. The maximum atomic E-state index is 3.19. The summed E-state index contributed by atoms with van der Waals surface area (Å²) in [7, 11) is 4.24. The summed E-state index contributed by atoms with van der Waals surface area (Å²) in [6.45, 7) is 5.71. The van der Waals surface area contributed by atoms with Crippen molar-refractivity contribution < 1.29 is 0 Å². The van der Waals surface area contributed by atoms with E-state index in [9.17, 15) is 0 Å². The molecule has 0 saturated heterocycles. The van der Waals surface area contributed by atoms with Crippen LogP contribution in [-0.2, 0) is 0 Å². The molecule has 0 bridgehead atoms. The van der Waals surface area contributed by atoms with Gasteiger partial charge in [0, 0.05) is 17.8 Å². The zero-order chi connectivity index (χ0) is 10.3. The number of nitrogens with one attached hydrogen (secondary N) is 1. The van der Waals surface area contributed by atoms with E-state index < -0.39 is 0 Å². The molecule has 0 radical (unpaired) electrons. The van der Waals surface area contributed by atoms with Crippen molar-refractivity contribution in [3.63, 3.8) is 0 Å². The van der Waals surface area contributed by atoms with Gasteiger partial charge < -0.3 is 10.2 Å². The molecule has 2 atom stereocenters. The fourth-order valence-electron chi connectivity index (χ4n) is 1.35. The summed E-state index contributed by atoms with van der Waals surface area (Å²) in [5.41, 5.74) is 0. The predicted octanol–water partition coefficient (Wildman–Crippen LogP) is 1.67. The van der Waals surface area contributed by atoms with Gasteiger partial charge >= 0.3 is 0 Å². The molecule has 1 N–H and O–H groups in total. The van der Waals surface area contributed by atoms with Crippen molar-refractivity contribution in [2.24, 2.45) is 0 Å². The minimum absolute atomic E-state index is 0.676. The van der Waals surface area contributed by atoms with Crippen molar-refractivity contribution in [1.82, 2.24) is 10.2 Å². The van der Waals surface area contributed by atoms with Crippen molar-refractivity contribution >= 4 is 11.8 Å². The van der Waals surface area contributed by atoms with Crippen LogP contribution in [0.1, 0.15) is 20.3 Å². The lowest BCUT2D eigenvalue weighted by Gasteiger charge is -2.30. The Kier molecular flexibility index (Phi) is 7.81. The number of thioether (sulfide) groups is 1. The van der Waals surface area contributed by atoms with Crippen LogP contribution in [0.5, 0.6) is 0 Å². The molecule has 0 aliphatic rings. The second kappa shape index (κ2) is 7.65. The Morgan fingerprint density at radius 3 is 2.38 bits per heavy atom. The summed E-state index contributed by atoms with van der Waals surface area (Å²) in [5.74, 6) is 1.22. The number of nitrogens with zero attached hydrogens (tertiary/aromatic N) is 1. The van der Waals surface area contributed by atoms with Crippen LogP contribution in [0.25, 0.3) is 0 Å². The molecule has 0 rings (SSSR count). The van der Waals surface area contributed by atoms with Gasteiger partial charge in [-0.1, -0.05) is 0 Å². The summed E-state index contributed by atoms with van der Waals surface area (Å²) < 4.78 is 0. The fraction of sp³-hybridized carbons (Fsp3) is 1.00. The molecule has 0 aromatic rings. The molecule has 0 fully saturated rings. The second-order valence-corrected chi connectivity index (χ2v) is 4.62. The number of hydrogen-bond acceptors (Lipinski definition) is 3. The average Bonchev–Trinajstić information content (AvgIpc) is 2.13. The van der Waals surface area contributed by atoms with Gasteiger partial charge in [-0.05, 0) is 47.2 Å². The molecule has 0 aromatic heterocycles. The van der Waals surface area contributed by atoms with Gasteiger partial charge in [-0.25, -0.2) is 0 Å². The van der Waals surface area contributed by atoms with Crippen molar-refractivity contribution in [2.75, 3.05) is 32.6 Å². The largest absolute Gasteiger partial charge is 0.320 e. The summed E-state index contributed by atoms with van der Waals surface area (Å²) >= 11 is 1.92. The van der Waals surface area contributed by atoms with E-state index in [1.54, 1.807) is 0 Å². The molecule has 13 heavy (non-hydrogen) atoms. The Morgan fingerprint density at radius 1 is 1.31 bits per heavy atom. The summed E-state index contributed by atoms with van der Waals surface area (Å²) in [6, 6.07) is 1.36. The fourth-order valence-corrected chi connectivity index (χ4v) is 2.07. The smallest absolute Gasteiger partial charge is 0.0157 e. The van der Waals surface area contributed by atoms with Gasteiger partial charge in [0.25, 0.3) is 0 Å². The first-order valence-electron chi connectivity index (χ1n) is 4.99. The molecule has 0 heterocycles. The molecule has 3 heteroatoms. The van der Waals surface area contributed by atoms with Crippen LogP contribution in [0.3, 0.4) is 0 Å². The maximum Gasteiger partial charge on any atom is 0.0157 e. The van der Waals surface area contributed by atoms with Gasteiger partial charge in [0.05, 0.1) is 0 Å². The van der Waals surface area contributed by atoms with Gasteiger partial charge in [0.1, 0.15) is 0 Å². The highest BCUT2D eigenvalue weighted by molar-refractivity contribution is 7.98. The van der Waals surface area contributed by atoms with E-state index >= 15 is 0 Å². The van der Waals surface area contributed by atoms with Crippen molar-refractivity contribution in [3.8, 4) is 0 Å². The first-order chi connectivity index (χ1) is 6.13. The quantitative estimate of drug-likeness (QED) is 0.679. The lowest BCUT2D eigenvalue weighted by molar-refractivity contribution is 0.202. The Bertz CT molecular complexity index is 119. The lowest BCUT2D eigenvalue weighted by Crippen LogP contribution is -2.39. The Labute approximate surface area is 87.5 Å². The van der Waals surface area contributed by atoms with E-state index in [0.717, 1.165) is 6.54 Å². The molecule has 2 unspecified atom stereocenters. The SMILES string of the molecule is CNCCC(C)N(C)C(C)CSC. The van der Waals surface area contributed by atoms with E-state index in [2.05, 4.69) is 37.4 Å². The normalized spacial score (nSPS) is 16.2. The van der Waals surface area contributed by atoms with Crippen molar-refractivity contribution in [3.05, 3.63) is 0 Å². The number of hydrogen-bond donors (Lipinski definition) is 1. The van der Waals surface area contributed by atoms with Crippen LogP contribution < -0.4 is 5.32 Å². The number of rotatable bonds is 7. The Hall–Kier alpha value is 0.270. The zero-order valence-corrected chi connectivity index (χ0v) is 10.4. The van der Waals surface area contributed by atoms with E-state index in [-0.39, 0.29) is 0 Å². The molecule has 80 valence electrons. The van der Waals surface area contributed by atoms with Gasteiger partial charge in [0.15, 0.2) is 0 Å².